The van der Waals surface area contributed by atoms with Crippen molar-refractivity contribution in [2.45, 2.75) is 18.5 Å². The highest BCUT2D eigenvalue weighted by Gasteiger charge is 2.53. The van der Waals surface area contributed by atoms with Crippen molar-refractivity contribution < 1.29 is 29.2 Å². The minimum Gasteiger partial charge on any atom is -0.488 e. The number of nitro groups is 1. The summed E-state index contributed by atoms with van der Waals surface area (Å²) in [6.45, 7) is 0.283. The average molecular weight is 400 g/mol. The lowest BCUT2D eigenvalue weighted by Crippen LogP contribution is -2.71. The first-order chi connectivity index (χ1) is 13.8. The number of nitro benzene ring substituents is 1. The number of aliphatic carboxylic acids is 1. The molecule has 0 radical (unpaired) electrons. The van der Waals surface area contributed by atoms with Crippen molar-refractivity contribution in [3.8, 4) is 0 Å². The van der Waals surface area contributed by atoms with E-state index in [1.165, 1.54) is 24.3 Å². The number of carboxylic acid groups (broad SMARTS) is 1. The van der Waals surface area contributed by atoms with E-state index in [4.69, 9.17) is 10.5 Å². The molecule has 2 saturated heterocycles. The summed E-state index contributed by atoms with van der Waals surface area (Å²) in [4.78, 5) is 48.2. The predicted octanol–water partition coefficient (Wildman–Crippen LogP) is -0.267. The van der Waals surface area contributed by atoms with Gasteiger partial charge in [-0.05, 0) is 12.0 Å². The predicted molar refractivity (Wildman–Crippen MR) is 96.9 cm³/mol. The van der Waals surface area contributed by atoms with Crippen LogP contribution in [0.25, 0.3) is 5.57 Å². The first-order valence-corrected chi connectivity index (χ1v) is 8.77. The van der Waals surface area contributed by atoms with E-state index in [-0.39, 0.29) is 41.2 Å². The van der Waals surface area contributed by atoms with Crippen LogP contribution in [0, 0.1) is 10.1 Å². The normalized spacial score (nSPS) is 25.1. The van der Waals surface area contributed by atoms with Gasteiger partial charge in [-0.3, -0.25) is 24.6 Å². The van der Waals surface area contributed by atoms with Crippen LogP contribution < -0.4 is 11.1 Å². The third-order valence-corrected chi connectivity index (χ3v) is 5.13. The largest absolute Gasteiger partial charge is 0.488 e. The van der Waals surface area contributed by atoms with Crippen molar-refractivity contribution >= 4 is 29.0 Å². The van der Waals surface area contributed by atoms with Crippen molar-refractivity contribution in [1.82, 2.24) is 10.2 Å². The number of rotatable bonds is 4. The molecule has 1 aromatic rings. The number of carbonyl (C=O) groups excluding carboxylic acids is 2. The van der Waals surface area contributed by atoms with Gasteiger partial charge in [-0.1, -0.05) is 12.1 Å². The highest BCUT2D eigenvalue weighted by atomic mass is 16.6. The number of ether oxygens (including phenoxy) is 1. The molecule has 0 bridgehead atoms. The van der Waals surface area contributed by atoms with Crippen LogP contribution in [-0.4, -0.2) is 57.9 Å². The molecule has 4 N–H and O–H groups in total. The Morgan fingerprint density at radius 2 is 2.14 bits per heavy atom. The highest BCUT2D eigenvalue weighted by Crippen LogP contribution is 2.40. The van der Waals surface area contributed by atoms with Gasteiger partial charge in [0.25, 0.3) is 5.69 Å². The van der Waals surface area contributed by atoms with E-state index >= 15 is 0 Å². The number of β-lactam (4-membered cyclic amide) rings is 1. The summed E-state index contributed by atoms with van der Waals surface area (Å²) in [5.74, 6) is -2.60. The van der Waals surface area contributed by atoms with Crippen molar-refractivity contribution in [2.75, 3.05) is 13.2 Å². The molecule has 29 heavy (non-hydrogen) atoms. The molecule has 11 nitrogen and oxygen atoms in total. The minimum atomic E-state index is -1.42. The molecule has 4 rings (SSSR count). The van der Waals surface area contributed by atoms with E-state index in [1.807, 2.05) is 0 Å². The van der Waals surface area contributed by atoms with Crippen LogP contribution in [0.2, 0.25) is 0 Å². The summed E-state index contributed by atoms with van der Waals surface area (Å²) in [5.41, 5.74) is 5.67. The van der Waals surface area contributed by atoms with E-state index in [0.717, 1.165) is 4.90 Å². The zero-order valence-corrected chi connectivity index (χ0v) is 15.0. The molecule has 150 valence electrons. The van der Waals surface area contributed by atoms with Gasteiger partial charge in [-0.2, -0.15) is 0 Å². The molecule has 2 fully saturated rings. The van der Waals surface area contributed by atoms with Crippen molar-refractivity contribution in [3.05, 3.63) is 57.0 Å². The number of allylic oxidation sites excluding steroid dienone is 1. The maximum Gasteiger partial charge on any atom is 0.356 e. The monoisotopic (exact) mass is 400 g/mol. The minimum absolute atomic E-state index is 0.0493. The fourth-order valence-electron chi connectivity index (χ4n) is 3.74. The number of nitrogens with one attached hydrogen (secondary N) is 1. The Morgan fingerprint density at radius 3 is 2.76 bits per heavy atom. The summed E-state index contributed by atoms with van der Waals surface area (Å²) in [6, 6.07) is 3.98. The Balaban J connectivity index is 1.96. The van der Waals surface area contributed by atoms with Crippen LogP contribution in [-0.2, 0) is 19.1 Å². The Bertz CT molecular complexity index is 1030. The van der Waals surface area contributed by atoms with E-state index in [0.29, 0.717) is 6.54 Å². The van der Waals surface area contributed by atoms with E-state index < -0.39 is 40.5 Å². The maximum atomic E-state index is 12.4. The Morgan fingerprint density at radius 1 is 1.38 bits per heavy atom. The second-order valence-corrected chi connectivity index (χ2v) is 6.76. The zero-order chi connectivity index (χ0) is 20.9. The zero-order valence-electron chi connectivity index (χ0n) is 15.0. The summed E-state index contributed by atoms with van der Waals surface area (Å²) in [5, 5.41) is 23.6. The van der Waals surface area contributed by atoms with Gasteiger partial charge >= 0.3 is 5.97 Å². The molecule has 0 spiro atoms. The van der Waals surface area contributed by atoms with Gasteiger partial charge in [-0.15, -0.1) is 0 Å². The lowest BCUT2D eigenvalue weighted by Gasteiger charge is -2.48. The van der Waals surface area contributed by atoms with Gasteiger partial charge in [0.05, 0.1) is 11.0 Å². The third kappa shape index (κ3) is 2.83. The fourth-order valence-corrected chi connectivity index (χ4v) is 3.74. The van der Waals surface area contributed by atoms with Crippen LogP contribution in [0.1, 0.15) is 12.0 Å². The highest BCUT2D eigenvalue weighted by molar-refractivity contribution is 6.09. The summed E-state index contributed by atoms with van der Waals surface area (Å²) in [6.07, 6.45) is 0.271. The van der Waals surface area contributed by atoms with E-state index in [2.05, 4.69) is 5.32 Å². The van der Waals surface area contributed by atoms with Crippen LogP contribution in [0.4, 0.5) is 5.69 Å². The topological polar surface area (TPSA) is 165 Å². The molecule has 3 heterocycles. The smallest absolute Gasteiger partial charge is 0.356 e. The number of carbonyl (C=O) groups is 3. The first-order valence-electron chi connectivity index (χ1n) is 8.77. The van der Waals surface area contributed by atoms with E-state index in [1.54, 1.807) is 0 Å². The summed E-state index contributed by atoms with van der Waals surface area (Å²) >= 11 is 0. The molecule has 0 aliphatic carbocycles. The molecule has 0 unspecified atom stereocenters. The molecule has 2 atom stereocenters. The number of benzene rings is 1. The molecule has 1 aromatic carbocycles. The molecule has 3 aliphatic rings. The molecule has 11 heteroatoms. The second kappa shape index (κ2) is 6.71. The van der Waals surface area contributed by atoms with Gasteiger partial charge in [0.15, 0.2) is 11.5 Å². The Labute approximate surface area is 163 Å². The average Bonchev–Trinajstić information content (AvgIpc) is 3.12. The number of fused-ring (bicyclic) bond motifs is 1. The van der Waals surface area contributed by atoms with Crippen LogP contribution in [0.15, 0.2) is 41.3 Å². The SMILES string of the molecule is N[C@@H]1C(=O)N2C(C(=O)O)=C(C(=C3CCNC3=O)c3cccc([N+](=O)[O-])c3)OC[C@H]12. The number of nitrogens with two attached hydrogens (primary N) is 1. The first kappa shape index (κ1) is 18.6. The molecular formula is C18H16N4O7. The maximum absolute atomic E-state index is 12.4. The van der Waals surface area contributed by atoms with Gasteiger partial charge in [0, 0.05) is 29.8 Å². The number of hydrogen-bond donors (Lipinski definition) is 3. The Hall–Kier alpha value is -3.73. The second-order valence-electron chi connectivity index (χ2n) is 6.76. The van der Waals surface area contributed by atoms with Crippen LogP contribution >= 0.6 is 0 Å². The molecule has 0 saturated carbocycles. The van der Waals surface area contributed by atoms with Crippen LogP contribution in [0.3, 0.4) is 0 Å². The summed E-state index contributed by atoms with van der Waals surface area (Å²) in [7, 11) is 0. The van der Waals surface area contributed by atoms with Crippen LogP contribution in [0.5, 0.6) is 0 Å². The standard InChI is InChI=1S/C18H16N4O7/c19-13-11-7-29-15(14(18(25)26)21(11)17(13)24)12(10-4-5-20-16(10)23)8-2-1-3-9(6-8)22(27)28/h1-3,6,11,13H,4-5,7,19H2,(H,20,23)(H,25,26)/t11-,13+/m1/s1. The third-order valence-electron chi connectivity index (χ3n) is 5.13. The van der Waals surface area contributed by atoms with Crippen molar-refractivity contribution in [2.24, 2.45) is 5.73 Å². The molecular weight excluding hydrogens is 384 g/mol. The number of carboxylic acids is 1. The van der Waals surface area contributed by atoms with Gasteiger partial charge in [-0.25, -0.2) is 4.79 Å². The summed E-state index contributed by atoms with van der Waals surface area (Å²) < 4.78 is 5.70. The molecule has 2 amide bonds. The lowest BCUT2D eigenvalue weighted by atomic mass is 9.89. The quantitative estimate of drug-likeness (QED) is 0.269. The van der Waals surface area contributed by atoms with Gasteiger partial charge in [0.1, 0.15) is 12.6 Å². The van der Waals surface area contributed by atoms with Gasteiger partial charge < -0.3 is 20.9 Å². The fraction of sp³-hybridized carbons (Fsp3) is 0.278. The number of nitrogens with zero attached hydrogens (tertiary/aromatic N) is 2. The Kier molecular flexibility index (Phi) is 4.31. The van der Waals surface area contributed by atoms with E-state index in [9.17, 15) is 29.6 Å². The number of non-ortho nitro benzene ring substituents is 1. The van der Waals surface area contributed by atoms with Crippen molar-refractivity contribution in [1.29, 1.82) is 0 Å². The lowest BCUT2D eigenvalue weighted by molar-refractivity contribution is -0.384. The molecule has 0 aromatic heterocycles. The van der Waals surface area contributed by atoms with Crippen molar-refractivity contribution in [3.63, 3.8) is 0 Å². The molecule has 3 aliphatic heterocycles. The number of hydrogen-bond acceptors (Lipinski definition) is 7. The van der Waals surface area contributed by atoms with Gasteiger partial charge in [0.2, 0.25) is 11.8 Å². The number of amides is 2.